The highest BCUT2D eigenvalue weighted by molar-refractivity contribution is 5.92. The highest BCUT2D eigenvalue weighted by Crippen LogP contribution is 2.27. The first-order valence-electron chi connectivity index (χ1n) is 9.74. The van der Waals surface area contributed by atoms with Crippen LogP contribution in [0.1, 0.15) is 48.7 Å². The maximum Gasteiger partial charge on any atom is 0.274 e. The Labute approximate surface area is 166 Å². The standard InChI is InChI=1S/C21H28N4O3/c1-4-16-7-5-6-10-25(16)21(26)17-13-24-20(14-22-17)23-12-15-8-9-18(27-2)19(11-15)28-3/h8-9,11,13-14,16H,4-7,10,12H2,1-3H3,(H,23,24). The molecule has 0 saturated carbocycles. The molecule has 0 bridgehead atoms. The first-order chi connectivity index (χ1) is 13.7. The third-order valence-electron chi connectivity index (χ3n) is 5.15. The van der Waals surface area contributed by atoms with Gasteiger partial charge in [0, 0.05) is 19.1 Å². The van der Waals surface area contributed by atoms with E-state index in [0.29, 0.717) is 35.6 Å². The predicted molar refractivity (Wildman–Crippen MR) is 108 cm³/mol. The number of nitrogens with one attached hydrogen (secondary N) is 1. The molecule has 1 aliphatic heterocycles. The topological polar surface area (TPSA) is 76.6 Å². The molecule has 2 aromatic rings. The quantitative estimate of drug-likeness (QED) is 0.787. The van der Waals surface area contributed by atoms with E-state index in [-0.39, 0.29) is 5.91 Å². The number of carbonyl (C=O) groups is 1. The van der Waals surface area contributed by atoms with Crippen LogP contribution in [0.25, 0.3) is 0 Å². The summed E-state index contributed by atoms with van der Waals surface area (Å²) in [5, 5.41) is 3.22. The number of hydrogen-bond acceptors (Lipinski definition) is 6. The number of hydrogen-bond donors (Lipinski definition) is 1. The summed E-state index contributed by atoms with van der Waals surface area (Å²) in [6.45, 7) is 3.49. The van der Waals surface area contributed by atoms with Crippen LogP contribution in [0.5, 0.6) is 11.5 Å². The summed E-state index contributed by atoms with van der Waals surface area (Å²) in [5.74, 6) is 1.97. The Morgan fingerprint density at radius 1 is 1.18 bits per heavy atom. The molecule has 1 atom stereocenters. The van der Waals surface area contributed by atoms with Crippen LogP contribution in [0.4, 0.5) is 5.82 Å². The van der Waals surface area contributed by atoms with Crippen molar-refractivity contribution in [3.05, 3.63) is 41.9 Å². The smallest absolute Gasteiger partial charge is 0.274 e. The summed E-state index contributed by atoms with van der Waals surface area (Å²) in [4.78, 5) is 23.4. The zero-order chi connectivity index (χ0) is 19.9. The van der Waals surface area contributed by atoms with Crippen LogP contribution in [-0.2, 0) is 6.54 Å². The molecule has 1 fully saturated rings. The summed E-state index contributed by atoms with van der Waals surface area (Å²) in [6.07, 6.45) is 7.46. The number of methoxy groups -OCH3 is 2. The number of aromatic nitrogens is 2. The average molecular weight is 384 g/mol. The summed E-state index contributed by atoms with van der Waals surface area (Å²) in [7, 11) is 3.22. The summed E-state index contributed by atoms with van der Waals surface area (Å²) in [5.41, 5.74) is 1.43. The van der Waals surface area contributed by atoms with E-state index in [0.717, 1.165) is 31.4 Å². The lowest BCUT2D eigenvalue weighted by atomic mass is 10.00. The molecule has 28 heavy (non-hydrogen) atoms. The molecular weight excluding hydrogens is 356 g/mol. The highest BCUT2D eigenvalue weighted by atomic mass is 16.5. The van der Waals surface area contributed by atoms with E-state index in [2.05, 4.69) is 22.2 Å². The molecule has 1 saturated heterocycles. The van der Waals surface area contributed by atoms with Crippen molar-refractivity contribution in [2.24, 2.45) is 0 Å². The van der Waals surface area contributed by atoms with Crippen molar-refractivity contribution in [3.8, 4) is 11.5 Å². The fourth-order valence-electron chi connectivity index (χ4n) is 3.55. The van der Waals surface area contributed by atoms with Gasteiger partial charge in [-0.3, -0.25) is 4.79 Å². The van der Waals surface area contributed by atoms with Gasteiger partial charge < -0.3 is 19.7 Å². The van der Waals surface area contributed by atoms with E-state index in [1.807, 2.05) is 23.1 Å². The lowest BCUT2D eigenvalue weighted by Crippen LogP contribution is -2.43. The van der Waals surface area contributed by atoms with Gasteiger partial charge in [-0.1, -0.05) is 13.0 Å². The van der Waals surface area contributed by atoms with Crippen LogP contribution in [-0.4, -0.2) is 47.6 Å². The van der Waals surface area contributed by atoms with E-state index >= 15 is 0 Å². The number of ether oxygens (including phenoxy) is 2. The third kappa shape index (κ3) is 4.52. The minimum Gasteiger partial charge on any atom is -0.493 e. The van der Waals surface area contributed by atoms with Crippen LogP contribution in [0.2, 0.25) is 0 Å². The Bertz CT molecular complexity index is 795. The zero-order valence-electron chi connectivity index (χ0n) is 16.8. The molecule has 7 nitrogen and oxygen atoms in total. The molecule has 1 aliphatic rings. The number of carbonyl (C=O) groups excluding carboxylic acids is 1. The molecule has 1 aromatic heterocycles. The van der Waals surface area contributed by atoms with Crippen molar-refractivity contribution in [1.29, 1.82) is 0 Å². The molecule has 1 unspecified atom stereocenters. The van der Waals surface area contributed by atoms with Gasteiger partial charge in [-0.15, -0.1) is 0 Å². The molecular formula is C21H28N4O3. The molecule has 0 aliphatic carbocycles. The fourth-order valence-corrected chi connectivity index (χ4v) is 3.55. The normalized spacial score (nSPS) is 16.5. The SMILES string of the molecule is CCC1CCCCN1C(=O)c1cnc(NCc2ccc(OC)c(OC)c2)cn1. The molecule has 1 amide bonds. The Hall–Kier alpha value is -2.83. The Morgan fingerprint density at radius 3 is 2.68 bits per heavy atom. The van der Waals surface area contributed by atoms with Crippen molar-refractivity contribution in [2.45, 2.75) is 45.2 Å². The third-order valence-corrected chi connectivity index (χ3v) is 5.15. The summed E-state index contributed by atoms with van der Waals surface area (Å²) in [6, 6.07) is 6.05. The Balaban J connectivity index is 1.62. The molecule has 7 heteroatoms. The second kappa shape index (κ2) is 9.39. The summed E-state index contributed by atoms with van der Waals surface area (Å²) >= 11 is 0. The van der Waals surface area contributed by atoms with E-state index in [9.17, 15) is 4.79 Å². The van der Waals surface area contributed by atoms with Gasteiger partial charge in [0.2, 0.25) is 0 Å². The van der Waals surface area contributed by atoms with Crippen LogP contribution < -0.4 is 14.8 Å². The van der Waals surface area contributed by atoms with Gasteiger partial charge in [0.25, 0.3) is 5.91 Å². The van der Waals surface area contributed by atoms with Gasteiger partial charge in [-0.05, 0) is 43.4 Å². The number of anilines is 1. The van der Waals surface area contributed by atoms with Crippen LogP contribution in [0, 0.1) is 0 Å². The first-order valence-corrected chi connectivity index (χ1v) is 9.74. The van der Waals surface area contributed by atoms with Crippen molar-refractivity contribution >= 4 is 11.7 Å². The largest absolute Gasteiger partial charge is 0.493 e. The van der Waals surface area contributed by atoms with Crippen LogP contribution in [0.15, 0.2) is 30.6 Å². The number of likely N-dealkylation sites (tertiary alicyclic amines) is 1. The molecule has 1 aromatic carbocycles. The van der Waals surface area contributed by atoms with E-state index < -0.39 is 0 Å². The number of amides is 1. The lowest BCUT2D eigenvalue weighted by molar-refractivity contribution is 0.0601. The first kappa shape index (κ1) is 19.9. The number of benzene rings is 1. The zero-order valence-corrected chi connectivity index (χ0v) is 16.8. The van der Waals surface area contributed by atoms with E-state index in [1.54, 1.807) is 26.6 Å². The van der Waals surface area contributed by atoms with Gasteiger partial charge in [-0.2, -0.15) is 0 Å². The lowest BCUT2D eigenvalue weighted by Gasteiger charge is -2.34. The molecule has 2 heterocycles. The van der Waals surface area contributed by atoms with Gasteiger partial charge in [0.15, 0.2) is 11.5 Å². The molecule has 0 radical (unpaired) electrons. The minimum absolute atomic E-state index is 0.0227. The second-order valence-electron chi connectivity index (χ2n) is 6.89. The fraction of sp³-hybridized carbons (Fsp3) is 0.476. The molecule has 3 rings (SSSR count). The van der Waals surface area contributed by atoms with Gasteiger partial charge in [0.1, 0.15) is 11.5 Å². The van der Waals surface area contributed by atoms with Gasteiger partial charge in [-0.25, -0.2) is 9.97 Å². The molecule has 0 spiro atoms. The summed E-state index contributed by atoms with van der Waals surface area (Å²) < 4.78 is 10.6. The molecule has 150 valence electrons. The maximum absolute atomic E-state index is 12.8. The van der Waals surface area contributed by atoms with Crippen LogP contribution >= 0.6 is 0 Å². The van der Waals surface area contributed by atoms with Crippen molar-refractivity contribution in [2.75, 3.05) is 26.1 Å². The number of rotatable bonds is 7. The minimum atomic E-state index is -0.0227. The van der Waals surface area contributed by atoms with E-state index in [4.69, 9.17) is 9.47 Å². The Kier molecular flexibility index (Phi) is 6.68. The van der Waals surface area contributed by atoms with Crippen molar-refractivity contribution in [1.82, 2.24) is 14.9 Å². The Morgan fingerprint density at radius 2 is 2.00 bits per heavy atom. The van der Waals surface area contributed by atoms with Crippen molar-refractivity contribution in [3.63, 3.8) is 0 Å². The van der Waals surface area contributed by atoms with Crippen molar-refractivity contribution < 1.29 is 14.3 Å². The predicted octanol–water partition coefficient (Wildman–Crippen LogP) is 3.51. The van der Waals surface area contributed by atoms with Crippen LogP contribution in [0.3, 0.4) is 0 Å². The number of nitrogens with zero attached hydrogens (tertiary/aromatic N) is 3. The van der Waals surface area contributed by atoms with Gasteiger partial charge in [0.05, 0.1) is 26.6 Å². The monoisotopic (exact) mass is 384 g/mol. The van der Waals surface area contributed by atoms with E-state index in [1.165, 1.54) is 6.42 Å². The average Bonchev–Trinajstić information content (AvgIpc) is 2.77. The molecule has 1 N–H and O–H groups in total. The van der Waals surface area contributed by atoms with Gasteiger partial charge >= 0.3 is 0 Å². The number of piperidine rings is 1. The second-order valence-corrected chi connectivity index (χ2v) is 6.89. The highest BCUT2D eigenvalue weighted by Gasteiger charge is 2.27. The maximum atomic E-state index is 12.8.